The first-order valence-corrected chi connectivity index (χ1v) is 6.62. The van der Waals surface area contributed by atoms with Gasteiger partial charge in [-0.3, -0.25) is 0 Å². The van der Waals surface area contributed by atoms with Crippen LogP contribution in [0.1, 0.15) is 18.1 Å². The Balaban J connectivity index is 1.75. The average molecular weight is 270 g/mol. The van der Waals surface area contributed by atoms with Gasteiger partial charge in [0.15, 0.2) is 6.10 Å². The van der Waals surface area contributed by atoms with Crippen molar-refractivity contribution in [2.45, 2.75) is 26.2 Å². The van der Waals surface area contributed by atoms with Crippen LogP contribution in [0.4, 0.5) is 0 Å². The van der Waals surface area contributed by atoms with Gasteiger partial charge in [-0.2, -0.15) is 0 Å². The lowest BCUT2D eigenvalue weighted by atomic mass is 10.2. The van der Waals surface area contributed by atoms with E-state index in [9.17, 15) is 4.79 Å². The zero-order valence-corrected chi connectivity index (χ0v) is 11.5. The standard InChI is InChI=1S/C17H18O3/c1-14(19-12-15-8-4-2-5-9-15)17(18)20-13-16-10-6-3-7-11-16/h2-11,14H,12-13H2,1H3. The zero-order chi connectivity index (χ0) is 14.2. The van der Waals surface area contributed by atoms with Gasteiger partial charge in [0, 0.05) is 0 Å². The van der Waals surface area contributed by atoms with Gasteiger partial charge in [-0.15, -0.1) is 0 Å². The number of ether oxygens (including phenoxy) is 2. The summed E-state index contributed by atoms with van der Waals surface area (Å²) in [5.74, 6) is -0.343. The molecule has 1 atom stereocenters. The molecule has 0 aliphatic carbocycles. The second-order valence-electron chi connectivity index (χ2n) is 4.53. The maximum absolute atomic E-state index is 11.8. The van der Waals surface area contributed by atoms with E-state index in [0.29, 0.717) is 6.61 Å². The summed E-state index contributed by atoms with van der Waals surface area (Å²) in [6.45, 7) is 2.39. The van der Waals surface area contributed by atoms with Crippen molar-refractivity contribution >= 4 is 5.97 Å². The van der Waals surface area contributed by atoms with E-state index in [1.807, 2.05) is 60.7 Å². The third-order valence-corrected chi connectivity index (χ3v) is 2.90. The van der Waals surface area contributed by atoms with Crippen LogP contribution in [-0.4, -0.2) is 12.1 Å². The minimum absolute atomic E-state index is 0.276. The fourth-order valence-electron chi connectivity index (χ4n) is 1.71. The fraction of sp³-hybridized carbons (Fsp3) is 0.235. The summed E-state index contributed by atoms with van der Waals surface area (Å²) in [6, 6.07) is 19.3. The third kappa shape index (κ3) is 4.52. The van der Waals surface area contributed by atoms with Gasteiger partial charge in [-0.1, -0.05) is 60.7 Å². The van der Waals surface area contributed by atoms with Crippen molar-refractivity contribution in [1.29, 1.82) is 0 Å². The van der Waals surface area contributed by atoms with Gasteiger partial charge in [0.2, 0.25) is 0 Å². The number of carbonyl (C=O) groups is 1. The third-order valence-electron chi connectivity index (χ3n) is 2.90. The molecule has 0 saturated carbocycles. The fourth-order valence-corrected chi connectivity index (χ4v) is 1.71. The molecule has 0 radical (unpaired) electrons. The highest BCUT2D eigenvalue weighted by molar-refractivity contribution is 5.74. The van der Waals surface area contributed by atoms with Crippen LogP contribution >= 0.6 is 0 Å². The van der Waals surface area contributed by atoms with Gasteiger partial charge in [-0.05, 0) is 18.1 Å². The van der Waals surface area contributed by atoms with Crippen LogP contribution in [0.2, 0.25) is 0 Å². The van der Waals surface area contributed by atoms with Gasteiger partial charge in [0.1, 0.15) is 6.61 Å². The number of benzene rings is 2. The van der Waals surface area contributed by atoms with Crippen LogP contribution in [0.5, 0.6) is 0 Å². The number of carbonyl (C=O) groups excluding carboxylic acids is 1. The molecule has 0 heterocycles. The molecule has 0 N–H and O–H groups in total. The van der Waals surface area contributed by atoms with Crippen LogP contribution < -0.4 is 0 Å². The lowest BCUT2D eigenvalue weighted by Crippen LogP contribution is -2.23. The molecular weight excluding hydrogens is 252 g/mol. The van der Waals surface area contributed by atoms with E-state index in [1.54, 1.807) is 6.92 Å². The van der Waals surface area contributed by atoms with Crippen LogP contribution in [0.15, 0.2) is 60.7 Å². The van der Waals surface area contributed by atoms with Gasteiger partial charge in [0.25, 0.3) is 0 Å². The van der Waals surface area contributed by atoms with Crippen molar-refractivity contribution in [1.82, 2.24) is 0 Å². The molecule has 2 aromatic rings. The van der Waals surface area contributed by atoms with Crippen molar-refractivity contribution in [3.8, 4) is 0 Å². The lowest BCUT2D eigenvalue weighted by Gasteiger charge is -2.12. The molecule has 0 bridgehead atoms. The van der Waals surface area contributed by atoms with Gasteiger partial charge in [-0.25, -0.2) is 4.79 Å². The summed E-state index contributed by atoms with van der Waals surface area (Å²) in [4.78, 5) is 11.8. The molecule has 0 aliphatic rings. The topological polar surface area (TPSA) is 35.5 Å². The van der Waals surface area contributed by atoms with Crippen molar-refractivity contribution in [3.63, 3.8) is 0 Å². The normalized spacial score (nSPS) is 11.8. The van der Waals surface area contributed by atoms with E-state index in [2.05, 4.69) is 0 Å². The molecule has 104 valence electrons. The molecule has 20 heavy (non-hydrogen) atoms. The average Bonchev–Trinajstić information content (AvgIpc) is 2.52. The Morgan fingerprint density at radius 2 is 1.40 bits per heavy atom. The highest BCUT2D eigenvalue weighted by Crippen LogP contribution is 2.06. The summed E-state index contributed by atoms with van der Waals surface area (Å²) < 4.78 is 10.7. The maximum atomic E-state index is 11.8. The van der Waals surface area contributed by atoms with E-state index in [-0.39, 0.29) is 12.6 Å². The Labute approximate surface area is 119 Å². The number of hydrogen-bond donors (Lipinski definition) is 0. The van der Waals surface area contributed by atoms with E-state index in [1.165, 1.54) is 0 Å². The Kier molecular flexibility index (Phi) is 5.33. The Morgan fingerprint density at radius 1 is 0.900 bits per heavy atom. The minimum Gasteiger partial charge on any atom is -0.459 e. The summed E-state index contributed by atoms with van der Waals surface area (Å²) in [6.07, 6.45) is -0.570. The summed E-state index contributed by atoms with van der Waals surface area (Å²) in [7, 11) is 0. The second kappa shape index (κ2) is 7.46. The van der Waals surface area contributed by atoms with E-state index in [4.69, 9.17) is 9.47 Å². The minimum atomic E-state index is -0.570. The summed E-state index contributed by atoms with van der Waals surface area (Å²) in [5, 5.41) is 0. The Bertz CT molecular complexity index is 522. The second-order valence-corrected chi connectivity index (χ2v) is 4.53. The Morgan fingerprint density at radius 3 is 1.95 bits per heavy atom. The van der Waals surface area contributed by atoms with Crippen LogP contribution in [0.25, 0.3) is 0 Å². The SMILES string of the molecule is CC(OCc1ccccc1)C(=O)OCc1ccccc1. The number of rotatable bonds is 6. The first-order valence-electron chi connectivity index (χ1n) is 6.62. The highest BCUT2D eigenvalue weighted by atomic mass is 16.6. The van der Waals surface area contributed by atoms with Crippen molar-refractivity contribution in [3.05, 3.63) is 71.8 Å². The van der Waals surface area contributed by atoms with Crippen LogP contribution in [0, 0.1) is 0 Å². The molecule has 3 nitrogen and oxygen atoms in total. The quantitative estimate of drug-likeness (QED) is 0.755. The van der Waals surface area contributed by atoms with Crippen molar-refractivity contribution in [2.75, 3.05) is 0 Å². The molecule has 2 rings (SSSR count). The molecule has 3 heteroatoms. The molecule has 0 fully saturated rings. The molecule has 0 saturated heterocycles. The molecule has 0 aliphatic heterocycles. The van der Waals surface area contributed by atoms with Gasteiger partial charge < -0.3 is 9.47 Å². The van der Waals surface area contributed by atoms with Crippen molar-refractivity contribution < 1.29 is 14.3 Å². The van der Waals surface area contributed by atoms with Gasteiger partial charge in [0.05, 0.1) is 6.61 Å². The smallest absolute Gasteiger partial charge is 0.335 e. The first-order chi connectivity index (χ1) is 9.75. The van der Waals surface area contributed by atoms with E-state index in [0.717, 1.165) is 11.1 Å². The van der Waals surface area contributed by atoms with Crippen LogP contribution in [0.3, 0.4) is 0 Å². The highest BCUT2D eigenvalue weighted by Gasteiger charge is 2.15. The zero-order valence-electron chi connectivity index (χ0n) is 11.5. The van der Waals surface area contributed by atoms with Crippen LogP contribution in [-0.2, 0) is 27.5 Å². The van der Waals surface area contributed by atoms with E-state index < -0.39 is 6.10 Å². The number of esters is 1. The van der Waals surface area contributed by atoms with E-state index >= 15 is 0 Å². The largest absolute Gasteiger partial charge is 0.459 e. The maximum Gasteiger partial charge on any atom is 0.335 e. The predicted octanol–water partition coefficient (Wildman–Crippen LogP) is 3.34. The molecule has 0 amide bonds. The molecule has 0 aromatic heterocycles. The number of hydrogen-bond acceptors (Lipinski definition) is 3. The van der Waals surface area contributed by atoms with Gasteiger partial charge >= 0.3 is 5.97 Å². The summed E-state index contributed by atoms with van der Waals surface area (Å²) in [5.41, 5.74) is 2.01. The molecule has 1 unspecified atom stereocenters. The Hall–Kier alpha value is -2.13. The molecule has 0 spiro atoms. The van der Waals surface area contributed by atoms with Crippen molar-refractivity contribution in [2.24, 2.45) is 0 Å². The monoisotopic (exact) mass is 270 g/mol. The predicted molar refractivity (Wildman–Crippen MR) is 76.9 cm³/mol. The summed E-state index contributed by atoms with van der Waals surface area (Å²) >= 11 is 0. The molecular formula is C17H18O3. The molecule has 2 aromatic carbocycles. The first kappa shape index (κ1) is 14.3. The lowest BCUT2D eigenvalue weighted by molar-refractivity contribution is -0.158.